The van der Waals surface area contributed by atoms with E-state index in [9.17, 15) is 14.7 Å². The molecule has 1 fully saturated rings. The zero-order valence-electron chi connectivity index (χ0n) is 19.4. The number of aliphatic hydroxyl groups excluding tert-OH is 1. The van der Waals surface area contributed by atoms with E-state index in [4.69, 9.17) is 16.3 Å². The molecule has 35 heavy (non-hydrogen) atoms. The van der Waals surface area contributed by atoms with Crippen molar-refractivity contribution in [2.45, 2.75) is 31.4 Å². The van der Waals surface area contributed by atoms with Crippen LogP contribution in [0.4, 0.5) is 0 Å². The van der Waals surface area contributed by atoms with E-state index in [2.05, 4.69) is 5.32 Å². The number of piperidine rings is 1. The van der Waals surface area contributed by atoms with Crippen molar-refractivity contribution in [2.24, 2.45) is 0 Å². The summed E-state index contributed by atoms with van der Waals surface area (Å²) in [5, 5.41) is 13.3. The minimum absolute atomic E-state index is 0.0392. The van der Waals surface area contributed by atoms with Gasteiger partial charge in [0.15, 0.2) is 0 Å². The van der Waals surface area contributed by atoms with Gasteiger partial charge in [-0.2, -0.15) is 0 Å². The lowest BCUT2D eigenvalue weighted by Gasteiger charge is -2.32. The Balaban J connectivity index is 1.32. The molecule has 3 aromatic carbocycles. The van der Waals surface area contributed by atoms with Crippen molar-refractivity contribution in [3.05, 3.63) is 101 Å². The largest absolute Gasteiger partial charge is 0.490 e. The molecule has 0 unspecified atom stereocenters. The highest BCUT2D eigenvalue weighted by atomic mass is 35.5. The summed E-state index contributed by atoms with van der Waals surface area (Å²) in [4.78, 5) is 27.7. The van der Waals surface area contributed by atoms with E-state index >= 15 is 0 Å². The van der Waals surface area contributed by atoms with Gasteiger partial charge in [0.1, 0.15) is 11.9 Å². The Bertz CT molecular complexity index is 1130. The highest BCUT2D eigenvalue weighted by molar-refractivity contribution is 6.30. The highest BCUT2D eigenvalue weighted by Gasteiger charge is 2.25. The molecule has 0 spiro atoms. The van der Waals surface area contributed by atoms with Gasteiger partial charge in [-0.15, -0.1) is 0 Å². The van der Waals surface area contributed by atoms with Crippen LogP contribution in [0, 0.1) is 0 Å². The van der Waals surface area contributed by atoms with Crippen LogP contribution in [0.2, 0.25) is 5.02 Å². The molecule has 1 heterocycles. The molecular weight excluding hydrogens is 464 g/mol. The molecule has 1 aliphatic rings. The molecule has 0 aromatic heterocycles. The van der Waals surface area contributed by atoms with Gasteiger partial charge in [0.2, 0.25) is 0 Å². The van der Waals surface area contributed by atoms with E-state index in [-0.39, 0.29) is 24.5 Å². The maximum absolute atomic E-state index is 13.1. The number of hydrogen-bond donors (Lipinski definition) is 2. The van der Waals surface area contributed by atoms with E-state index in [0.29, 0.717) is 35.7 Å². The first-order valence-electron chi connectivity index (χ1n) is 11.8. The molecule has 0 bridgehead atoms. The average Bonchev–Trinajstić information content (AvgIpc) is 2.90. The quantitative estimate of drug-likeness (QED) is 0.490. The molecule has 0 radical (unpaired) electrons. The van der Waals surface area contributed by atoms with Crippen molar-refractivity contribution in [1.29, 1.82) is 0 Å². The lowest BCUT2D eigenvalue weighted by molar-refractivity contribution is 0.0595. The third-order valence-electron chi connectivity index (χ3n) is 6.10. The van der Waals surface area contributed by atoms with E-state index in [0.717, 1.165) is 24.2 Å². The molecule has 2 amide bonds. The van der Waals surface area contributed by atoms with E-state index < -0.39 is 6.04 Å². The summed E-state index contributed by atoms with van der Waals surface area (Å²) < 4.78 is 6.01. The van der Waals surface area contributed by atoms with Gasteiger partial charge in [-0.3, -0.25) is 9.59 Å². The second-order valence-corrected chi connectivity index (χ2v) is 9.12. The molecule has 0 aliphatic carbocycles. The van der Waals surface area contributed by atoms with Crippen molar-refractivity contribution < 1.29 is 19.4 Å². The summed E-state index contributed by atoms with van der Waals surface area (Å²) >= 11 is 5.93. The van der Waals surface area contributed by atoms with E-state index in [1.165, 1.54) is 0 Å². The normalized spacial score (nSPS) is 14.9. The number of carbonyl (C=O) groups is 2. The van der Waals surface area contributed by atoms with Crippen LogP contribution in [0.1, 0.15) is 39.1 Å². The fraction of sp³-hybridized carbons (Fsp3) is 0.286. The number of nitrogens with one attached hydrogen (secondary N) is 1. The molecule has 1 atom stereocenters. The van der Waals surface area contributed by atoms with Crippen molar-refractivity contribution in [1.82, 2.24) is 10.2 Å². The molecular formula is C28H29ClN2O4. The summed E-state index contributed by atoms with van der Waals surface area (Å²) in [5.41, 5.74) is 1.89. The number of aliphatic hydroxyl groups is 1. The predicted octanol–water partition coefficient (Wildman–Crippen LogP) is 4.36. The minimum Gasteiger partial charge on any atom is -0.490 e. The Morgan fingerprint density at radius 1 is 0.971 bits per heavy atom. The average molecular weight is 493 g/mol. The number of ether oxygens (including phenoxy) is 1. The predicted molar refractivity (Wildman–Crippen MR) is 136 cm³/mol. The number of likely N-dealkylation sites (tertiary alicyclic amines) is 1. The summed E-state index contributed by atoms with van der Waals surface area (Å²) in [6, 6.07) is 23.3. The van der Waals surface area contributed by atoms with Gasteiger partial charge in [0, 0.05) is 42.1 Å². The Morgan fingerprint density at radius 3 is 2.34 bits per heavy atom. The van der Waals surface area contributed by atoms with Crippen LogP contribution in [0.25, 0.3) is 0 Å². The second-order valence-electron chi connectivity index (χ2n) is 8.69. The molecule has 1 aliphatic heterocycles. The summed E-state index contributed by atoms with van der Waals surface area (Å²) in [5.74, 6) is 0.351. The standard InChI is InChI=1S/C28H29ClN2O4/c29-23-9-11-25(12-10-23)35-26-13-15-31(16-14-26)28(34)22-8-4-7-21(18-22)27(33)30-24(19-32)17-20-5-2-1-3-6-20/h1-12,18,24,26,32H,13-17,19H2,(H,30,33)/t24-/m0/s1. The molecule has 2 N–H and O–H groups in total. The van der Waals surface area contributed by atoms with Gasteiger partial charge < -0.3 is 20.1 Å². The molecule has 182 valence electrons. The number of carbonyl (C=O) groups excluding carboxylic acids is 2. The van der Waals surface area contributed by atoms with Gasteiger partial charge in [0.25, 0.3) is 11.8 Å². The maximum atomic E-state index is 13.1. The van der Waals surface area contributed by atoms with Crippen LogP contribution in [0.15, 0.2) is 78.9 Å². The Kier molecular flexibility index (Phi) is 8.40. The van der Waals surface area contributed by atoms with Gasteiger partial charge in [-0.1, -0.05) is 48.0 Å². The molecule has 1 saturated heterocycles. The van der Waals surface area contributed by atoms with Gasteiger partial charge in [-0.25, -0.2) is 0 Å². The lowest BCUT2D eigenvalue weighted by atomic mass is 10.0. The molecule has 4 rings (SSSR count). The van der Waals surface area contributed by atoms with Crippen LogP contribution in [-0.4, -0.2) is 53.7 Å². The van der Waals surface area contributed by atoms with Gasteiger partial charge in [0.05, 0.1) is 12.6 Å². The van der Waals surface area contributed by atoms with Crippen molar-refractivity contribution in [2.75, 3.05) is 19.7 Å². The molecule has 0 saturated carbocycles. The summed E-state index contributed by atoms with van der Waals surface area (Å²) in [6.07, 6.45) is 2.02. The fourth-order valence-electron chi connectivity index (χ4n) is 4.19. The van der Waals surface area contributed by atoms with Gasteiger partial charge >= 0.3 is 0 Å². The summed E-state index contributed by atoms with van der Waals surface area (Å²) in [7, 11) is 0. The van der Waals surface area contributed by atoms with Gasteiger partial charge in [-0.05, 0) is 54.4 Å². The van der Waals surface area contributed by atoms with Crippen LogP contribution in [0.3, 0.4) is 0 Å². The second kappa shape index (κ2) is 11.9. The number of hydrogen-bond acceptors (Lipinski definition) is 4. The number of halogens is 1. The van der Waals surface area contributed by atoms with Crippen LogP contribution in [-0.2, 0) is 6.42 Å². The highest BCUT2D eigenvalue weighted by Crippen LogP contribution is 2.22. The van der Waals surface area contributed by atoms with Crippen LogP contribution < -0.4 is 10.1 Å². The maximum Gasteiger partial charge on any atom is 0.253 e. The molecule has 7 heteroatoms. The van der Waals surface area contributed by atoms with Crippen molar-refractivity contribution in [3.63, 3.8) is 0 Å². The Morgan fingerprint density at radius 2 is 1.66 bits per heavy atom. The first kappa shape index (κ1) is 24.8. The molecule has 3 aromatic rings. The number of amides is 2. The zero-order valence-corrected chi connectivity index (χ0v) is 20.2. The first-order valence-corrected chi connectivity index (χ1v) is 12.2. The fourth-order valence-corrected chi connectivity index (χ4v) is 4.31. The number of benzene rings is 3. The minimum atomic E-state index is -0.413. The zero-order chi connectivity index (χ0) is 24.6. The lowest BCUT2D eigenvalue weighted by Crippen LogP contribution is -2.42. The SMILES string of the molecule is O=C(N[C@H](CO)Cc1ccccc1)c1cccc(C(=O)N2CCC(Oc3ccc(Cl)cc3)CC2)c1. The smallest absolute Gasteiger partial charge is 0.253 e. The van der Waals surface area contributed by atoms with E-state index in [1.807, 2.05) is 42.5 Å². The van der Waals surface area contributed by atoms with Crippen LogP contribution in [0.5, 0.6) is 5.75 Å². The topological polar surface area (TPSA) is 78.9 Å². The number of nitrogens with zero attached hydrogens (tertiary/aromatic N) is 1. The van der Waals surface area contributed by atoms with Crippen LogP contribution >= 0.6 is 11.6 Å². The Labute approximate surface area is 210 Å². The monoisotopic (exact) mass is 492 g/mol. The Hall–Kier alpha value is -3.35. The third kappa shape index (κ3) is 6.84. The molecule has 6 nitrogen and oxygen atoms in total. The van der Waals surface area contributed by atoms with Crippen molar-refractivity contribution >= 4 is 23.4 Å². The third-order valence-corrected chi connectivity index (χ3v) is 6.35. The first-order chi connectivity index (χ1) is 17.0. The number of rotatable bonds is 8. The summed E-state index contributed by atoms with van der Waals surface area (Å²) in [6.45, 7) is 0.987. The van der Waals surface area contributed by atoms with Crippen molar-refractivity contribution in [3.8, 4) is 5.75 Å². The van der Waals surface area contributed by atoms with E-state index in [1.54, 1.807) is 41.3 Å².